The van der Waals surface area contributed by atoms with E-state index >= 15 is 0 Å². The number of benzene rings is 4. The lowest BCUT2D eigenvalue weighted by molar-refractivity contribution is -0.114. The van der Waals surface area contributed by atoms with Crippen LogP contribution in [-0.2, 0) is 24.8 Å². The number of nitrogens with zero attached hydrogens (tertiary/aromatic N) is 3. The van der Waals surface area contributed by atoms with Crippen LogP contribution >= 0.6 is 0 Å². The molecule has 1 aliphatic heterocycles. The zero-order valence-electron chi connectivity index (χ0n) is 22.2. The lowest BCUT2D eigenvalue weighted by Gasteiger charge is -2.24. The van der Waals surface area contributed by atoms with Gasteiger partial charge in [-0.25, -0.2) is 26.2 Å². The molecule has 4 aromatic carbocycles. The van der Waals surface area contributed by atoms with Crippen LogP contribution in [-0.4, -0.2) is 50.8 Å². The largest absolute Gasteiger partial charge is 0.464 e. The molecule has 1 amide bonds. The Hall–Kier alpha value is -5.27. The molecule has 0 unspecified atom stereocenters. The first-order valence-electron chi connectivity index (χ1n) is 12.8. The maximum atomic E-state index is 14.0. The molecule has 216 valence electrons. The molecule has 5 aromatic rings. The summed E-state index contributed by atoms with van der Waals surface area (Å²) < 4.78 is 57.2. The summed E-state index contributed by atoms with van der Waals surface area (Å²) in [6.45, 7) is -0.351. The van der Waals surface area contributed by atoms with Gasteiger partial charge >= 0.3 is 6.09 Å². The van der Waals surface area contributed by atoms with Gasteiger partial charge in [-0.3, -0.25) is 9.79 Å². The second-order valence-corrected chi connectivity index (χ2v) is 13.3. The summed E-state index contributed by atoms with van der Waals surface area (Å²) in [6.07, 6.45) is -1.34. The number of hydrogen-bond acceptors (Lipinski definition) is 7. The molecule has 2 heterocycles. The topological polar surface area (TPSA) is 155 Å². The lowest BCUT2D eigenvalue weighted by atomic mass is 10.0. The summed E-state index contributed by atoms with van der Waals surface area (Å²) in [5.41, 5.74) is 0.581. The maximum Gasteiger partial charge on any atom is 0.416 e. The van der Waals surface area contributed by atoms with Gasteiger partial charge in [-0.15, -0.1) is 0 Å². The Morgan fingerprint density at radius 3 is 1.98 bits per heavy atom. The molecule has 0 aliphatic carbocycles. The Morgan fingerprint density at radius 1 is 0.791 bits per heavy atom. The van der Waals surface area contributed by atoms with Crippen LogP contribution in [0.4, 0.5) is 16.2 Å². The molecule has 11 nitrogen and oxygen atoms in total. The van der Waals surface area contributed by atoms with Gasteiger partial charge in [-0.1, -0.05) is 66.7 Å². The zero-order chi connectivity index (χ0) is 30.4. The van der Waals surface area contributed by atoms with E-state index in [1.165, 1.54) is 72.8 Å². The summed E-state index contributed by atoms with van der Waals surface area (Å²) in [7, 11) is -9.37. The molecular weight excluding hydrogens is 592 g/mol. The Kier molecular flexibility index (Phi) is 6.83. The number of carbonyl (C=O) groups is 2. The smallest absolute Gasteiger partial charge is 0.416 e. The fourth-order valence-corrected chi connectivity index (χ4v) is 8.69. The molecule has 0 fully saturated rings. The van der Waals surface area contributed by atoms with Crippen molar-refractivity contribution in [3.05, 3.63) is 120 Å². The van der Waals surface area contributed by atoms with Crippen LogP contribution in [0.1, 0.15) is 11.3 Å². The van der Waals surface area contributed by atoms with Crippen LogP contribution < -0.4 is 9.03 Å². The van der Waals surface area contributed by atoms with Crippen molar-refractivity contribution in [1.29, 1.82) is 0 Å². The highest BCUT2D eigenvalue weighted by Crippen LogP contribution is 2.36. The van der Waals surface area contributed by atoms with Gasteiger partial charge in [0.15, 0.2) is 0 Å². The first-order valence-corrected chi connectivity index (χ1v) is 15.7. The van der Waals surface area contributed by atoms with E-state index < -0.39 is 32.0 Å². The second kappa shape index (κ2) is 10.5. The second-order valence-electron chi connectivity index (χ2n) is 9.46. The van der Waals surface area contributed by atoms with Gasteiger partial charge in [-0.05, 0) is 42.5 Å². The first-order chi connectivity index (χ1) is 20.6. The predicted octanol–water partition coefficient (Wildman–Crippen LogP) is 4.54. The van der Waals surface area contributed by atoms with Crippen molar-refractivity contribution < 1.29 is 31.5 Å². The van der Waals surface area contributed by atoms with Crippen molar-refractivity contribution in [3.63, 3.8) is 0 Å². The van der Waals surface area contributed by atoms with Gasteiger partial charge in [0, 0.05) is 10.9 Å². The van der Waals surface area contributed by atoms with Gasteiger partial charge in [-0.2, -0.15) is 3.71 Å². The highest BCUT2D eigenvalue weighted by atomic mass is 32.3. The number of hydrogen-bond donors (Lipinski definition) is 2. The third-order valence-electron chi connectivity index (χ3n) is 6.78. The van der Waals surface area contributed by atoms with Crippen molar-refractivity contribution >= 4 is 60.0 Å². The van der Waals surface area contributed by atoms with E-state index in [2.05, 4.69) is 10.3 Å². The number of carbonyl (C=O) groups excluding carboxylic acids is 1. The Labute approximate surface area is 246 Å². The molecule has 0 saturated heterocycles. The van der Waals surface area contributed by atoms with E-state index in [0.29, 0.717) is 14.6 Å². The molecular formula is C30H22N4O7S2. The third-order valence-corrected chi connectivity index (χ3v) is 11.0. The van der Waals surface area contributed by atoms with Crippen molar-refractivity contribution in [2.24, 2.45) is 4.99 Å². The van der Waals surface area contributed by atoms with E-state index in [1.54, 1.807) is 36.4 Å². The van der Waals surface area contributed by atoms with Gasteiger partial charge in [0.2, 0.25) is 5.91 Å². The number of aliphatic imine (C=N–C) groups is 1. The summed E-state index contributed by atoms with van der Waals surface area (Å²) in [6, 6.07) is 26.5. The van der Waals surface area contributed by atoms with Gasteiger partial charge in [0.05, 0.1) is 32.4 Å². The Balaban J connectivity index is 1.60. The van der Waals surface area contributed by atoms with Crippen molar-refractivity contribution in [3.8, 4) is 0 Å². The summed E-state index contributed by atoms with van der Waals surface area (Å²) >= 11 is 0. The molecule has 0 radical (unpaired) electrons. The first kappa shape index (κ1) is 27.9. The van der Waals surface area contributed by atoms with Crippen LogP contribution in [0.25, 0.3) is 10.9 Å². The van der Waals surface area contributed by atoms with Crippen LogP contribution in [0.5, 0.6) is 0 Å². The molecule has 2 N–H and O–H groups in total. The minimum absolute atomic E-state index is 0.0556. The molecule has 0 bridgehead atoms. The highest BCUT2D eigenvalue weighted by Gasteiger charge is 2.37. The van der Waals surface area contributed by atoms with E-state index in [1.807, 2.05) is 0 Å². The number of aromatic nitrogens is 1. The monoisotopic (exact) mass is 614 g/mol. The van der Waals surface area contributed by atoms with Crippen molar-refractivity contribution in [1.82, 2.24) is 4.57 Å². The van der Waals surface area contributed by atoms with Crippen molar-refractivity contribution in [2.75, 3.05) is 15.6 Å². The average Bonchev–Trinajstić information content (AvgIpc) is 3.21. The van der Waals surface area contributed by atoms with Gasteiger partial charge < -0.3 is 10.4 Å². The molecule has 6 rings (SSSR count). The quantitative estimate of drug-likeness (QED) is 0.284. The van der Waals surface area contributed by atoms with Crippen LogP contribution in [0.15, 0.2) is 124 Å². The number of fused-ring (bicyclic) bond motifs is 3. The molecule has 1 aliphatic rings. The van der Waals surface area contributed by atoms with Gasteiger partial charge in [0.25, 0.3) is 20.0 Å². The number of para-hydroxylation sites is 1. The lowest BCUT2D eigenvalue weighted by Crippen LogP contribution is -2.37. The summed E-state index contributed by atoms with van der Waals surface area (Å²) in [4.78, 5) is 29.0. The number of sulfonamides is 2. The molecule has 1 aromatic heterocycles. The minimum Gasteiger partial charge on any atom is -0.464 e. The molecule has 0 saturated carbocycles. The highest BCUT2D eigenvalue weighted by molar-refractivity contribution is 8.10. The van der Waals surface area contributed by atoms with Crippen LogP contribution in [0, 0.1) is 0 Å². The Morgan fingerprint density at radius 2 is 1.37 bits per heavy atom. The van der Waals surface area contributed by atoms with E-state index in [9.17, 15) is 31.5 Å². The molecule has 0 spiro atoms. The normalized spacial score (nSPS) is 13.5. The van der Waals surface area contributed by atoms with Gasteiger partial charge in [0.1, 0.15) is 12.2 Å². The fraction of sp³-hybridized carbons (Fsp3) is 0.0333. The number of anilines is 2. The predicted molar refractivity (Wildman–Crippen MR) is 161 cm³/mol. The van der Waals surface area contributed by atoms with Crippen LogP contribution in [0.2, 0.25) is 0 Å². The summed E-state index contributed by atoms with van der Waals surface area (Å²) in [5, 5.41) is 13.4. The van der Waals surface area contributed by atoms with E-state index in [-0.39, 0.29) is 44.7 Å². The molecule has 43 heavy (non-hydrogen) atoms. The SMILES string of the molecule is O=C1CN=C(c2cccc(N(S(=O)(=O)c3ccccc3)S(=O)(=O)c3ccccc3)c2)c2c(c3ccccc3n2C(=O)O)N1. The number of carboxylic acid groups (broad SMARTS) is 1. The standard InChI is InChI=1S/C30H22N4O7S2/c35-26-19-31-27(29-28(32-26)24-16-7-8-17-25(24)33(29)30(36)37)20-10-9-11-21(18-20)34(42(38,39)22-12-3-1-4-13-22)43(40,41)23-14-5-2-6-15-23/h1-18H,19H2,(H,32,35)(H,36,37). The maximum absolute atomic E-state index is 14.0. The van der Waals surface area contributed by atoms with E-state index in [0.717, 1.165) is 4.57 Å². The fourth-order valence-electron chi connectivity index (χ4n) is 4.97. The summed E-state index contributed by atoms with van der Waals surface area (Å²) in [5.74, 6) is -0.486. The Bertz CT molecular complexity index is 2090. The molecule has 13 heteroatoms. The van der Waals surface area contributed by atoms with Crippen LogP contribution in [0.3, 0.4) is 0 Å². The zero-order valence-corrected chi connectivity index (χ0v) is 23.8. The third kappa shape index (κ3) is 4.73. The number of amides is 1. The minimum atomic E-state index is -4.69. The number of nitrogens with one attached hydrogen (secondary N) is 1. The number of rotatable bonds is 6. The van der Waals surface area contributed by atoms with E-state index in [4.69, 9.17) is 0 Å². The van der Waals surface area contributed by atoms with Crippen molar-refractivity contribution in [2.45, 2.75) is 9.79 Å². The average molecular weight is 615 g/mol. The molecule has 0 atom stereocenters.